The van der Waals surface area contributed by atoms with Crippen molar-refractivity contribution < 1.29 is 19.2 Å². The molecule has 0 saturated carbocycles. The van der Waals surface area contributed by atoms with Gasteiger partial charge in [-0.05, 0) is 19.4 Å². The summed E-state index contributed by atoms with van der Waals surface area (Å²) in [6.45, 7) is 3.63. The van der Waals surface area contributed by atoms with Gasteiger partial charge in [0.05, 0.1) is 17.7 Å². The van der Waals surface area contributed by atoms with Crippen LogP contribution in [0.1, 0.15) is 20.3 Å². The molecule has 0 aliphatic heterocycles. The zero-order valence-electron chi connectivity index (χ0n) is 12.0. The summed E-state index contributed by atoms with van der Waals surface area (Å²) < 4.78 is 4.99. The van der Waals surface area contributed by atoms with E-state index in [0.717, 1.165) is 6.07 Å². The Balaban J connectivity index is 2.90. The molecule has 8 heteroatoms. The number of nitrogens with one attached hydrogen (secondary N) is 2. The van der Waals surface area contributed by atoms with Gasteiger partial charge >= 0.3 is 11.8 Å². The van der Waals surface area contributed by atoms with Gasteiger partial charge in [-0.25, -0.2) is 0 Å². The van der Waals surface area contributed by atoms with Gasteiger partial charge in [0.1, 0.15) is 5.75 Å². The van der Waals surface area contributed by atoms with E-state index in [1.54, 1.807) is 6.92 Å². The highest BCUT2D eigenvalue weighted by atomic mass is 16.6. The van der Waals surface area contributed by atoms with E-state index in [0.29, 0.717) is 6.42 Å². The summed E-state index contributed by atoms with van der Waals surface area (Å²) in [5.74, 6) is -1.49. The average Bonchev–Trinajstić information content (AvgIpc) is 2.46. The lowest BCUT2D eigenvalue weighted by molar-refractivity contribution is -0.384. The van der Waals surface area contributed by atoms with Crippen molar-refractivity contribution in [2.45, 2.75) is 26.3 Å². The van der Waals surface area contributed by atoms with Crippen molar-refractivity contribution >= 4 is 23.2 Å². The lowest BCUT2D eigenvalue weighted by atomic mass is 10.2. The molecule has 0 saturated heterocycles. The molecular formula is C13H17N3O5. The molecule has 2 amide bonds. The second-order valence-electron chi connectivity index (χ2n) is 4.38. The number of amides is 2. The van der Waals surface area contributed by atoms with E-state index >= 15 is 0 Å². The minimum Gasteiger partial charge on any atom is -0.495 e. The topological polar surface area (TPSA) is 111 Å². The Bertz CT molecular complexity index is 559. The maximum atomic E-state index is 11.8. The Morgan fingerprint density at radius 3 is 2.57 bits per heavy atom. The van der Waals surface area contributed by atoms with Crippen LogP contribution in [0.4, 0.5) is 11.4 Å². The molecule has 0 aliphatic rings. The van der Waals surface area contributed by atoms with Crippen LogP contribution < -0.4 is 15.4 Å². The van der Waals surface area contributed by atoms with E-state index in [-0.39, 0.29) is 23.2 Å². The van der Waals surface area contributed by atoms with Crippen LogP contribution in [-0.4, -0.2) is 29.9 Å². The third-order valence-electron chi connectivity index (χ3n) is 2.84. The number of nitro benzene ring substituents is 1. The number of anilines is 1. The summed E-state index contributed by atoms with van der Waals surface area (Å²) in [5, 5.41) is 15.5. The van der Waals surface area contributed by atoms with Gasteiger partial charge < -0.3 is 15.4 Å². The minimum absolute atomic E-state index is 0.0657. The average molecular weight is 295 g/mol. The maximum absolute atomic E-state index is 11.8. The number of benzene rings is 1. The van der Waals surface area contributed by atoms with Crippen LogP contribution in [0.3, 0.4) is 0 Å². The molecule has 0 bridgehead atoms. The number of nitro groups is 1. The van der Waals surface area contributed by atoms with Crippen molar-refractivity contribution in [2.75, 3.05) is 12.4 Å². The van der Waals surface area contributed by atoms with Crippen molar-refractivity contribution in [2.24, 2.45) is 0 Å². The Kier molecular flexibility index (Phi) is 5.65. The van der Waals surface area contributed by atoms with Crippen LogP contribution >= 0.6 is 0 Å². The van der Waals surface area contributed by atoms with Gasteiger partial charge in [-0.1, -0.05) is 6.92 Å². The molecule has 1 rings (SSSR count). The van der Waals surface area contributed by atoms with Crippen LogP contribution in [0.2, 0.25) is 0 Å². The Morgan fingerprint density at radius 2 is 2.05 bits per heavy atom. The molecule has 8 nitrogen and oxygen atoms in total. The zero-order valence-corrected chi connectivity index (χ0v) is 12.0. The number of carbonyl (C=O) groups excluding carboxylic acids is 2. The van der Waals surface area contributed by atoms with Gasteiger partial charge in [0.2, 0.25) is 0 Å². The van der Waals surface area contributed by atoms with Crippen LogP contribution in [-0.2, 0) is 9.59 Å². The highest BCUT2D eigenvalue weighted by Crippen LogP contribution is 2.28. The second-order valence-corrected chi connectivity index (χ2v) is 4.38. The standard InChI is InChI=1S/C13H17N3O5/c1-4-8(2)14-12(17)13(18)15-10-7-9(16(19)20)5-6-11(10)21-3/h5-8H,4H2,1-3H3,(H,14,17)(H,15,18). The third kappa shape index (κ3) is 4.44. The molecule has 0 radical (unpaired) electrons. The van der Waals surface area contributed by atoms with Gasteiger partial charge in [-0.3, -0.25) is 19.7 Å². The van der Waals surface area contributed by atoms with E-state index in [9.17, 15) is 19.7 Å². The molecule has 1 atom stereocenters. The molecule has 2 N–H and O–H groups in total. The van der Waals surface area contributed by atoms with Crippen LogP contribution in [0.5, 0.6) is 5.75 Å². The van der Waals surface area contributed by atoms with E-state index in [2.05, 4.69) is 10.6 Å². The molecule has 0 spiro atoms. The molecule has 0 aliphatic carbocycles. The lowest BCUT2D eigenvalue weighted by Gasteiger charge is -2.12. The first-order valence-electron chi connectivity index (χ1n) is 6.33. The first-order valence-corrected chi connectivity index (χ1v) is 6.33. The van der Waals surface area contributed by atoms with E-state index < -0.39 is 16.7 Å². The number of carbonyl (C=O) groups is 2. The smallest absolute Gasteiger partial charge is 0.313 e. The summed E-state index contributed by atoms with van der Waals surface area (Å²) in [5.41, 5.74) is -0.149. The summed E-state index contributed by atoms with van der Waals surface area (Å²) in [7, 11) is 1.36. The number of hydrogen-bond donors (Lipinski definition) is 2. The number of hydrogen-bond acceptors (Lipinski definition) is 5. The van der Waals surface area contributed by atoms with Crippen molar-refractivity contribution in [3.8, 4) is 5.75 Å². The van der Waals surface area contributed by atoms with Crippen molar-refractivity contribution in [3.63, 3.8) is 0 Å². The number of rotatable bonds is 5. The Hall–Kier alpha value is -2.64. The van der Waals surface area contributed by atoms with Crippen LogP contribution in [0, 0.1) is 10.1 Å². The predicted octanol–water partition coefficient (Wildman–Crippen LogP) is 1.46. The summed E-state index contributed by atoms with van der Waals surface area (Å²) in [4.78, 5) is 33.5. The first kappa shape index (κ1) is 16.4. The van der Waals surface area contributed by atoms with Gasteiger partial charge in [-0.15, -0.1) is 0 Å². The largest absolute Gasteiger partial charge is 0.495 e. The molecule has 1 aromatic rings. The fourth-order valence-corrected chi connectivity index (χ4v) is 1.48. The maximum Gasteiger partial charge on any atom is 0.313 e. The zero-order chi connectivity index (χ0) is 16.0. The number of nitrogens with zero attached hydrogens (tertiary/aromatic N) is 1. The molecular weight excluding hydrogens is 278 g/mol. The molecule has 21 heavy (non-hydrogen) atoms. The van der Waals surface area contributed by atoms with Crippen molar-refractivity contribution in [1.29, 1.82) is 0 Å². The van der Waals surface area contributed by atoms with Gasteiger partial charge in [0.15, 0.2) is 0 Å². The molecule has 1 unspecified atom stereocenters. The fraction of sp³-hybridized carbons (Fsp3) is 0.385. The summed E-state index contributed by atoms with van der Waals surface area (Å²) in [6.07, 6.45) is 0.680. The van der Waals surface area contributed by atoms with E-state index in [4.69, 9.17) is 4.74 Å². The van der Waals surface area contributed by atoms with Crippen LogP contribution in [0.25, 0.3) is 0 Å². The highest BCUT2D eigenvalue weighted by Gasteiger charge is 2.19. The molecule has 114 valence electrons. The monoisotopic (exact) mass is 295 g/mol. The number of ether oxygens (including phenoxy) is 1. The van der Waals surface area contributed by atoms with Gasteiger partial charge in [0, 0.05) is 18.2 Å². The molecule has 1 aromatic carbocycles. The number of non-ortho nitro benzene ring substituents is 1. The second kappa shape index (κ2) is 7.22. The quantitative estimate of drug-likeness (QED) is 0.485. The normalized spacial score (nSPS) is 11.4. The van der Waals surface area contributed by atoms with Crippen molar-refractivity contribution in [1.82, 2.24) is 5.32 Å². The van der Waals surface area contributed by atoms with Gasteiger partial charge in [-0.2, -0.15) is 0 Å². The Labute approximate surface area is 121 Å². The van der Waals surface area contributed by atoms with E-state index in [1.807, 2.05) is 6.92 Å². The van der Waals surface area contributed by atoms with Crippen LogP contribution in [0.15, 0.2) is 18.2 Å². The lowest BCUT2D eigenvalue weighted by Crippen LogP contribution is -2.40. The molecule has 0 fully saturated rings. The predicted molar refractivity (Wildman–Crippen MR) is 76.2 cm³/mol. The SMILES string of the molecule is CCC(C)NC(=O)C(=O)Nc1cc([N+](=O)[O-])ccc1OC. The summed E-state index contributed by atoms with van der Waals surface area (Å²) in [6, 6.07) is 3.58. The Morgan fingerprint density at radius 1 is 1.38 bits per heavy atom. The van der Waals surface area contributed by atoms with Gasteiger partial charge in [0.25, 0.3) is 5.69 Å². The van der Waals surface area contributed by atoms with E-state index in [1.165, 1.54) is 19.2 Å². The fourth-order valence-electron chi connectivity index (χ4n) is 1.48. The van der Waals surface area contributed by atoms with Crippen molar-refractivity contribution in [3.05, 3.63) is 28.3 Å². The minimum atomic E-state index is -0.908. The third-order valence-corrected chi connectivity index (χ3v) is 2.84. The molecule has 0 aromatic heterocycles. The molecule has 0 heterocycles. The first-order chi connectivity index (χ1) is 9.88. The highest BCUT2D eigenvalue weighted by molar-refractivity contribution is 6.39. The summed E-state index contributed by atoms with van der Waals surface area (Å²) >= 11 is 0. The number of methoxy groups -OCH3 is 1.